The maximum absolute atomic E-state index is 6.52. The standard InChI is InChI=1S/C43H26N4O/c1-3-13-28(14-4-1)41-44-42(29-23-24-33-32-18-9-10-20-36(32)47(37(33)26-29)30-15-5-2-6-16-30)46-43(45-41)35-19-11-21-38-39(35)34-25-22-27-12-7-8-17-31(27)40(34)48-38/h1-26H. The zero-order valence-electron chi connectivity index (χ0n) is 25.7. The summed E-state index contributed by atoms with van der Waals surface area (Å²) in [5, 5.41) is 6.64. The van der Waals surface area contributed by atoms with Gasteiger partial charge >= 0.3 is 0 Å². The predicted molar refractivity (Wildman–Crippen MR) is 195 cm³/mol. The molecule has 3 heterocycles. The minimum Gasteiger partial charge on any atom is -0.455 e. The quantitative estimate of drug-likeness (QED) is 0.198. The number of hydrogen-bond acceptors (Lipinski definition) is 4. The third-order valence-corrected chi connectivity index (χ3v) is 9.24. The highest BCUT2D eigenvalue weighted by Crippen LogP contribution is 2.40. The fourth-order valence-corrected chi connectivity index (χ4v) is 7.05. The van der Waals surface area contributed by atoms with E-state index < -0.39 is 0 Å². The zero-order valence-corrected chi connectivity index (χ0v) is 25.7. The molecule has 10 aromatic rings. The number of fused-ring (bicyclic) bond motifs is 8. The first kappa shape index (κ1) is 26.6. The summed E-state index contributed by atoms with van der Waals surface area (Å²) in [5.74, 6) is 1.83. The van der Waals surface area contributed by atoms with Crippen molar-refractivity contribution < 1.29 is 4.42 Å². The lowest BCUT2D eigenvalue weighted by Crippen LogP contribution is -2.00. The Balaban J connectivity index is 1.24. The van der Waals surface area contributed by atoms with Crippen LogP contribution in [-0.4, -0.2) is 19.5 Å². The molecule has 224 valence electrons. The van der Waals surface area contributed by atoms with Gasteiger partial charge in [0.15, 0.2) is 17.5 Å². The largest absolute Gasteiger partial charge is 0.455 e. The van der Waals surface area contributed by atoms with E-state index in [0.29, 0.717) is 17.5 Å². The monoisotopic (exact) mass is 614 g/mol. The Morgan fingerprint density at radius 2 is 1.10 bits per heavy atom. The van der Waals surface area contributed by atoms with Gasteiger partial charge in [0.25, 0.3) is 0 Å². The Labute approximate surface area is 275 Å². The zero-order chi connectivity index (χ0) is 31.6. The summed E-state index contributed by atoms with van der Waals surface area (Å²) in [6.45, 7) is 0. The summed E-state index contributed by atoms with van der Waals surface area (Å²) in [5.41, 5.74) is 7.77. The minimum absolute atomic E-state index is 0.601. The van der Waals surface area contributed by atoms with Crippen LogP contribution in [0, 0.1) is 0 Å². The summed E-state index contributed by atoms with van der Waals surface area (Å²) in [6, 6.07) is 54.4. The lowest BCUT2D eigenvalue weighted by atomic mass is 10.0. The third kappa shape index (κ3) is 4.08. The molecule has 0 fully saturated rings. The van der Waals surface area contributed by atoms with Crippen molar-refractivity contribution in [2.24, 2.45) is 0 Å². The van der Waals surface area contributed by atoms with Gasteiger partial charge in [-0.2, -0.15) is 0 Å². The Kier molecular flexibility index (Phi) is 5.81. The second-order valence-electron chi connectivity index (χ2n) is 12.0. The Morgan fingerprint density at radius 3 is 1.96 bits per heavy atom. The van der Waals surface area contributed by atoms with Crippen LogP contribution in [0.25, 0.3) is 94.4 Å². The van der Waals surface area contributed by atoms with Crippen LogP contribution in [0.15, 0.2) is 162 Å². The topological polar surface area (TPSA) is 56.7 Å². The number of furan rings is 1. The molecule has 0 bridgehead atoms. The summed E-state index contributed by atoms with van der Waals surface area (Å²) in [4.78, 5) is 15.4. The van der Waals surface area contributed by atoms with Crippen LogP contribution in [0.1, 0.15) is 0 Å². The molecule has 0 N–H and O–H groups in total. The normalized spacial score (nSPS) is 11.8. The molecule has 0 aliphatic heterocycles. The highest BCUT2D eigenvalue weighted by Gasteiger charge is 2.20. The smallest absolute Gasteiger partial charge is 0.164 e. The second-order valence-corrected chi connectivity index (χ2v) is 12.0. The van der Waals surface area contributed by atoms with Crippen molar-refractivity contribution in [3.8, 4) is 39.9 Å². The number of hydrogen-bond donors (Lipinski definition) is 0. The van der Waals surface area contributed by atoms with Gasteiger partial charge in [-0.3, -0.25) is 0 Å². The van der Waals surface area contributed by atoms with Crippen molar-refractivity contribution in [1.29, 1.82) is 0 Å². The molecule has 0 aliphatic rings. The van der Waals surface area contributed by atoms with E-state index in [9.17, 15) is 0 Å². The number of aromatic nitrogens is 4. The van der Waals surface area contributed by atoms with Crippen LogP contribution in [0.2, 0.25) is 0 Å². The van der Waals surface area contributed by atoms with Crippen molar-refractivity contribution in [2.75, 3.05) is 0 Å². The molecular weight excluding hydrogens is 589 g/mol. The first-order valence-electron chi connectivity index (χ1n) is 16.0. The molecule has 0 spiro atoms. The van der Waals surface area contributed by atoms with Crippen LogP contribution in [-0.2, 0) is 0 Å². The third-order valence-electron chi connectivity index (χ3n) is 9.24. The van der Waals surface area contributed by atoms with Crippen molar-refractivity contribution in [1.82, 2.24) is 19.5 Å². The van der Waals surface area contributed by atoms with E-state index in [-0.39, 0.29) is 0 Å². The summed E-state index contributed by atoms with van der Waals surface area (Å²) >= 11 is 0. The highest BCUT2D eigenvalue weighted by atomic mass is 16.3. The molecule has 0 atom stereocenters. The molecule has 0 unspecified atom stereocenters. The van der Waals surface area contributed by atoms with Crippen LogP contribution in [0.3, 0.4) is 0 Å². The predicted octanol–water partition coefficient (Wildman–Crippen LogP) is 11.0. The molecule has 0 amide bonds. The van der Waals surface area contributed by atoms with Gasteiger partial charge in [-0.05, 0) is 41.8 Å². The minimum atomic E-state index is 0.601. The molecule has 0 aliphatic carbocycles. The highest BCUT2D eigenvalue weighted by molar-refractivity contribution is 6.18. The number of nitrogens with zero attached hydrogens (tertiary/aromatic N) is 4. The first-order chi connectivity index (χ1) is 23.8. The van der Waals surface area contributed by atoms with E-state index in [2.05, 4.69) is 108 Å². The summed E-state index contributed by atoms with van der Waals surface area (Å²) in [6.07, 6.45) is 0. The Bertz CT molecular complexity index is 2830. The van der Waals surface area contributed by atoms with E-state index in [1.165, 1.54) is 10.8 Å². The van der Waals surface area contributed by atoms with Crippen LogP contribution in [0.4, 0.5) is 0 Å². The van der Waals surface area contributed by atoms with E-state index >= 15 is 0 Å². The van der Waals surface area contributed by atoms with Gasteiger partial charge in [0.05, 0.1) is 11.0 Å². The molecule has 10 rings (SSSR count). The molecule has 5 nitrogen and oxygen atoms in total. The van der Waals surface area contributed by atoms with Gasteiger partial charge in [0.1, 0.15) is 11.2 Å². The van der Waals surface area contributed by atoms with Gasteiger partial charge in [-0.25, -0.2) is 15.0 Å². The average Bonchev–Trinajstić information content (AvgIpc) is 3.71. The molecule has 3 aromatic heterocycles. The van der Waals surface area contributed by atoms with E-state index in [4.69, 9.17) is 19.4 Å². The average molecular weight is 615 g/mol. The molecule has 0 saturated carbocycles. The molecule has 48 heavy (non-hydrogen) atoms. The van der Waals surface area contributed by atoms with Crippen molar-refractivity contribution in [2.45, 2.75) is 0 Å². The maximum atomic E-state index is 6.52. The fraction of sp³-hybridized carbons (Fsp3) is 0. The summed E-state index contributed by atoms with van der Waals surface area (Å²) in [7, 11) is 0. The second kappa shape index (κ2) is 10.5. The summed E-state index contributed by atoms with van der Waals surface area (Å²) < 4.78 is 8.83. The Hall–Kier alpha value is -6.59. The van der Waals surface area contributed by atoms with E-state index in [0.717, 1.165) is 66.1 Å². The van der Waals surface area contributed by atoms with Crippen molar-refractivity contribution in [3.05, 3.63) is 158 Å². The molecule has 0 radical (unpaired) electrons. The molecule has 0 saturated heterocycles. The van der Waals surface area contributed by atoms with Gasteiger partial charge in [0, 0.05) is 49.3 Å². The van der Waals surface area contributed by atoms with Crippen molar-refractivity contribution >= 4 is 54.5 Å². The van der Waals surface area contributed by atoms with Gasteiger partial charge in [0.2, 0.25) is 0 Å². The Morgan fingerprint density at radius 1 is 0.438 bits per heavy atom. The van der Waals surface area contributed by atoms with Gasteiger partial charge < -0.3 is 8.98 Å². The first-order valence-corrected chi connectivity index (χ1v) is 16.0. The van der Waals surface area contributed by atoms with E-state index in [1.54, 1.807) is 0 Å². The molecule has 7 aromatic carbocycles. The van der Waals surface area contributed by atoms with Gasteiger partial charge in [-0.1, -0.05) is 121 Å². The van der Waals surface area contributed by atoms with Crippen LogP contribution < -0.4 is 0 Å². The molecular formula is C43H26N4O. The van der Waals surface area contributed by atoms with Gasteiger partial charge in [-0.15, -0.1) is 0 Å². The number of rotatable bonds is 4. The lowest BCUT2D eigenvalue weighted by molar-refractivity contribution is 0.672. The van der Waals surface area contributed by atoms with Crippen LogP contribution >= 0.6 is 0 Å². The lowest BCUT2D eigenvalue weighted by Gasteiger charge is -2.11. The number of para-hydroxylation sites is 2. The SMILES string of the molecule is c1ccc(-c2nc(-c3ccc4c5ccccc5n(-c5ccccc5)c4c3)nc(-c3cccc4oc5c6ccccc6ccc5c34)n2)cc1. The van der Waals surface area contributed by atoms with Crippen LogP contribution in [0.5, 0.6) is 0 Å². The number of benzene rings is 7. The fourth-order valence-electron chi connectivity index (χ4n) is 7.05. The van der Waals surface area contributed by atoms with Crippen molar-refractivity contribution in [3.63, 3.8) is 0 Å². The maximum Gasteiger partial charge on any atom is 0.164 e. The van der Waals surface area contributed by atoms with E-state index in [1.807, 2.05) is 54.6 Å². The molecule has 5 heteroatoms.